The summed E-state index contributed by atoms with van der Waals surface area (Å²) in [4.78, 5) is 27.3. The van der Waals surface area contributed by atoms with E-state index in [1.54, 1.807) is 0 Å². The van der Waals surface area contributed by atoms with E-state index in [-0.39, 0.29) is 17.0 Å². The molecular formula is C26H33NO2Si. The molecule has 30 heavy (non-hydrogen) atoms. The van der Waals surface area contributed by atoms with Crippen LogP contribution in [-0.4, -0.2) is 19.8 Å². The fraction of sp³-hybridized carbons (Fsp3) is 0.462. The molecule has 0 unspecified atom stereocenters. The van der Waals surface area contributed by atoms with Gasteiger partial charge in [-0.2, -0.15) is 0 Å². The molecule has 2 fully saturated rings. The van der Waals surface area contributed by atoms with Crippen molar-refractivity contribution in [3.63, 3.8) is 0 Å². The number of amides is 1. The molecule has 0 bridgehead atoms. The van der Waals surface area contributed by atoms with E-state index in [1.807, 2.05) is 35.2 Å². The standard InChI is InChI=1S/C26H33NO2Si/c1-25(2,3)30(4,5)22-13-11-19(12-14-22)23-26(17-15-21(28)16-18-26)24(29)27(23)20-9-7-6-8-10-20/h6-14,23H,15-18H2,1-5H3/t23-/m1/s1. The Hall–Kier alpha value is -2.20. The quantitative estimate of drug-likeness (QED) is 0.478. The molecule has 2 aromatic rings. The maximum Gasteiger partial charge on any atom is 0.236 e. The zero-order valence-corrected chi connectivity index (χ0v) is 19.9. The number of carbonyl (C=O) groups excluding carboxylic acids is 2. The summed E-state index contributed by atoms with van der Waals surface area (Å²) in [7, 11) is -1.61. The van der Waals surface area contributed by atoms with Crippen molar-refractivity contribution < 1.29 is 9.59 Å². The van der Waals surface area contributed by atoms with Gasteiger partial charge in [-0.1, -0.05) is 81.5 Å². The van der Waals surface area contributed by atoms with E-state index in [9.17, 15) is 9.59 Å². The molecule has 1 saturated heterocycles. The predicted molar refractivity (Wildman–Crippen MR) is 126 cm³/mol. The van der Waals surface area contributed by atoms with Crippen LogP contribution in [0.25, 0.3) is 0 Å². The smallest absolute Gasteiger partial charge is 0.236 e. The lowest BCUT2D eigenvalue weighted by Crippen LogP contribution is -2.64. The average molecular weight is 420 g/mol. The number of para-hydroxylation sites is 1. The summed E-state index contributed by atoms with van der Waals surface area (Å²) >= 11 is 0. The highest BCUT2D eigenvalue weighted by Gasteiger charge is 2.61. The molecule has 0 aromatic heterocycles. The SMILES string of the molecule is CC(C)(C)[Si](C)(C)c1ccc([C@H]2N(c3ccccc3)C(=O)C23CCC(=O)CC3)cc1. The molecule has 4 heteroatoms. The Morgan fingerprint density at radius 1 is 0.900 bits per heavy atom. The maximum atomic E-state index is 13.4. The van der Waals surface area contributed by atoms with Gasteiger partial charge in [0, 0.05) is 18.5 Å². The van der Waals surface area contributed by atoms with Gasteiger partial charge >= 0.3 is 0 Å². The van der Waals surface area contributed by atoms with Gasteiger partial charge < -0.3 is 4.90 Å². The minimum Gasteiger partial charge on any atom is -0.303 e. The summed E-state index contributed by atoms with van der Waals surface area (Å²) in [6, 6.07) is 19.0. The molecule has 3 nitrogen and oxygen atoms in total. The van der Waals surface area contributed by atoms with Crippen LogP contribution in [0, 0.1) is 5.41 Å². The minimum absolute atomic E-state index is 0.00830. The van der Waals surface area contributed by atoms with E-state index < -0.39 is 13.5 Å². The van der Waals surface area contributed by atoms with Crippen molar-refractivity contribution in [3.05, 3.63) is 60.2 Å². The second-order valence-corrected chi connectivity index (χ2v) is 15.9. The Morgan fingerprint density at radius 3 is 2.00 bits per heavy atom. The lowest BCUT2D eigenvalue weighted by Gasteiger charge is -2.57. The van der Waals surface area contributed by atoms with Gasteiger partial charge in [0.15, 0.2) is 0 Å². The number of carbonyl (C=O) groups is 2. The predicted octanol–water partition coefficient (Wildman–Crippen LogP) is 5.62. The number of benzene rings is 2. The van der Waals surface area contributed by atoms with Crippen molar-refractivity contribution in [2.75, 3.05) is 4.90 Å². The van der Waals surface area contributed by atoms with Crippen LogP contribution in [0.3, 0.4) is 0 Å². The summed E-state index contributed by atoms with van der Waals surface area (Å²) in [5.74, 6) is 0.471. The van der Waals surface area contributed by atoms with Crippen LogP contribution in [0.2, 0.25) is 18.1 Å². The van der Waals surface area contributed by atoms with Crippen LogP contribution in [-0.2, 0) is 9.59 Å². The number of rotatable bonds is 3. The van der Waals surface area contributed by atoms with Crippen LogP contribution >= 0.6 is 0 Å². The highest BCUT2D eigenvalue weighted by molar-refractivity contribution is 6.92. The van der Waals surface area contributed by atoms with Gasteiger partial charge in [-0.15, -0.1) is 0 Å². The topological polar surface area (TPSA) is 37.4 Å². The first kappa shape index (κ1) is 21.0. The first-order valence-corrected chi connectivity index (χ1v) is 14.1. The molecule has 0 N–H and O–H groups in total. The summed E-state index contributed by atoms with van der Waals surface area (Å²) in [5.41, 5.74) is 1.71. The second-order valence-electron chi connectivity index (χ2n) is 10.6. The van der Waals surface area contributed by atoms with Crippen molar-refractivity contribution in [1.82, 2.24) is 0 Å². The molecule has 1 spiro atoms. The highest BCUT2D eigenvalue weighted by Crippen LogP contribution is 2.58. The lowest BCUT2D eigenvalue weighted by atomic mass is 9.60. The molecule has 1 saturated carbocycles. The molecule has 1 aliphatic carbocycles. The lowest BCUT2D eigenvalue weighted by molar-refractivity contribution is -0.145. The number of hydrogen-bond donors (Lipinski definition) is 0. The molecule has 1 heterocycles. The van der Waals surface area contributed by atoms with Crippen LogP contribution < -0.4 is 10.1 Å². The van der Waals surface area contributed by atoms with Gasteiger partial charge in [-0.05, 0) is 35.6 Å². The van der Waals surface area contributed by atoms with E-state index in [0.717, 1.165) is 5.69 Å². The zero-order valence-electron chi connectivity index (χ0n) is 18.9. The number of ketones is 1. The molecule has 4 rings (SSSR count). The van der Waals surface area contributed by atoms with Crippen molar-refractivity contribution in [1.29, 1.82) is 0 Å². The van der Waals surface area contributed by atoms with Gasteiger partial charge in [0.1, 0.15) is 5.78 Å². The van der Waals surface area contributed by atoms with Gasteiger partial charge in [-0.25, -0.2) is 0 Å². The number of anilines is 1. The van der Waals surface area contributed by atoms with Gasteiger partial charge in [0.25, 0.3) is 0 Å². The highest BCUT2D eigenvalue weighted by atomic mass is 28.3. The van der Waals surface area contributed by atoms with Gasteiger partial charge in [0.2, 0.25) is 5.91 Å². The molecule has 2 aliphatic rings. The molecule has 158 valence electrons. The van der Waals surface area contributed by atoms with Gasteiger partial charge in [0.05, 0.1) is 19.5 Å². The summed E-state index contributed by atoms with van der Waals surface area (Å²) in [6.07, 6.45) is 2.38. The molecule has 0 radical (unpaired) electrons. The largest absolute Gasteiger partial charge is 0.303 e. The molecular weight excluding hydrogens is 386 g/mol. The molecule has 1 aliphatic heterocycles. The van der Waals surface area contributed by atoms with Crippen LogP contribution in [0.15, 0.2) is 54.6 Å². The second kappa shape index (κ2) is 7.19. The first-order valence-electron chi connectivity index (χ1n) is 11.1. The molecule has 1 atom stereocenters. The monoisotopic (exact) mass is 419 g/mol. The average Bonchev–Trinajstić information content (AvgIpc) is 2.72. The Morgan fingerprint density at radius 2 is 1.47 bits per heavy atom. The van der Waals surface area contributed by atoms with Crippen molar-refractivity contribution in [3.8, 4) is 0 Å². The number of nitrogens with zero attached hydrogens (tertiary/aromatic N) is 1. The number of hydrogen-bond acceptors (Lipinski definition) is 2. The number of β-lactam (4-membered cyclic amide) rings is 1. The molecule has 2 aromatic carbocycles. The van der Waals surface area contributed by atoms with E-state index in [0.29, 0.717) is 31.5 Å². The minimum atomic E-state index is -1.61. The summed E-state index contributed by atoms with van der Waals surface area (Å²) < 4.78 is 0. The fourth-order valence-corrected chi connectivity index (χ4v) is 6.82. The maximum absolute atomic E-state index is 13.4. The Balaban J connectivity index is 1.73. The third-order valence-electron chi connectivity index (χ3n) is 7.98. The van der Waals surface area contributed by atoms with E-state index >= 15 is 0 Å². The van der Waals surface area contributed by atoms with E-state index in [2.05, 4.69) is 58.1 Å². The van der Waals surface area contributed by atoms with Crippen LogP contribution in [0.1, 0.15) is 58.1 Å². The van der Waals surface area contributed by atoms with Crippen molar-refractivity contribution in [2.45, 2.75) is 70.6 Å². The van der Waals surface area contributed by atoms with E-state index in [1.165, 1.54) is 10.8 Å². The Bertz CT molecular complexity index is 947. The first-order chi connectivity index (χ1) is 14.1. The Kier molecular flexibility index (Phi) is 5.04. The summed E-state index contributed by atoms with van der Waals surface area (Å²) in [6.45, 7) is 11.9. The van der Waals surface area contributed by atoms with Gasteiger partial charge in [-0.3, -0.25) is 9.59 Å². The van der Waals surface area contributed by atoms with Crippen molar-refractivity contribution in [2.24, 2.45) is 5.41 Å². The zero-order chi connectivity index (χ0) is 21.7. The normalized spacial score (nSPS) is 21.6. The van der Waals surface area contributed by atoms with Crippen LogP contribution in [0.4, 0.5) is 5.69 Å². The van der Waals surface area contributed by atoms with Crippen molar-refractivity contribution >= 4 is 30.6 Å². The van der Waals surface area contributed by atoms with E-state index in [4.69, 9.17) is 0 Å². The Labute approximate surface area is 181 Å². The fourth-order valence-electron chi connectivity index (χ4n) is 4.96. The molecule has 1 amide bonds. The van der Waals surface area contributed by atoms with Crippen LogP contribution in [0.5, 0.6) is 0 Å². The number of Topliss-reactive ketones (excluding diaryl/α,β-unsaturated/α-hetero) is 1. The third-order valence-corrected chi connectivity index (χ3v) is 13.5. The summed E-state index contributed by atoms with van der Waals surface area (Å²) in [5, 5.41) is 1.73. The third kappa shape index (κ3) is 3.16.